The zero-order valence-corrected chi connectivity index (χ0v) is 9.11. The van der Waals surface area contributed by atoms with Gasteiger partial charge in [0.1, 0.15) is 5.03 Å². The summed E-state index contributed by atoms with van der Waals surface area (Å²) < 4.78 is 0. The molecule has 0 saturated heterocycles. The van der Waals surface area contributed by atoms with E-state index in [2.05, 4.69) is 27.5 Å². The van der Waals surface area contributed by atoms with Gasteiger partial charge in [0.25, 0.3) is 0 Å². The molecular formula is C7H12NPS2. The van der Waals surface area contributed by atoms with Gasteiger partial charge in [-0.05, 0) is 29.7 Å². The second kappa shape index (κ2) is 8.38. The van der Waals surface area contributed by atoms with Crippen molar-refractivity contribution in [3.05, 3.63) is 23.8 Å². The van der Waals surface area contributed by atoms with Gasteiger partial charge in [-0.2, -0.15) is 0 Å². The van der Waals surface area contributed by atoms with E-state index in [1.165, 1.54) is 0 Å². The first-order chi connectivity index (χ1) is 5.35. The van der Waals surface area contributed by atoms with Crippen molar-refractivity contribution < 1.29 is 0 Å². The maximum Gasteiger partial charge on any atom is 0.106 e. The lowest BCUT2D eigenvalue weighted by molar-refractivity contribution is 1.56. The van der Waals surface area contributed by atoms with E-state index in [1.54, 1.807) is 27.7 Å². The molecule has 0 saturated carbocycles. The lowest BCUT2D eigenvalue weighted by Gasteiger charge is -1.96. The molecule has 0 aliphatic carbocycles. The van der Waals surface area contributed by atoms with Crippen LogP contribution in [0.15, 0.2) is 28.8 Å². The molecule has 11 heavy (non-hydrogen) atoms. The molecule has 0 aliphatic rings. The zero-order valence-electron chi connectivity index (χ0n) is 6.32. The molecule has 62 valence electrons. The number of aliphatic imine (C=N–C) groups is 1. The van der Waals surface area contributed by atoms with E-state index in [4.69, 9.17) is 0 Å². The summed E-state index contributed by atoms with van der Waals surface area (Å²) in [7, 11) is 6.09. The molecule has 4 heteroatoms. The van der Waals surface area contributed by atoms with Gasteiger partial charge in [0.15, 0.2) is 0 Å². The Morgan fingerprint density at radius 3 is 2.82 bits per heavy atom. The van der Waals surface area contributed by atoms with Crippen LogP contribution in [0.3, 0.4) is 0 Å². The van der Waals surface area contributed by atoms with E-state index in [-0.39, 0.29) is 0 Å². The van der Waals surface area contributed by atoms with E-state index in [1.807, 2.05) is 6.08 Å². The van der Waals surface area contributed by atoms with Crippen LogP contribution in [-0.2, 0) is 0 Å². The molecule has 0 aromatic rings. The Bertz CT molecular complexity index is 157. The summed E-state index contributed by atoms with van der Waals surface area (Å²) in [5.41, 5.74) is 0. The number of hydrogen-bond donors (Lipinski definition) is 0. The fourth-order valence-electron chi connectivity index (χ4n) is 0.358. The molecule has 0 fully saturated rings. The number of hydrogen-bond acceptors (Lipinski definition) is 3. The number of allylic oxidation sites excluding steroid dienone is 2. The highest BCUT2D eigenvalue weighted by molar-refractivity contribution is 8.78. The Hall–Kier alpha value is 0.280. The fourth-order valence-corrected chi connectivity index (χ4v) is 2.95. The van der Waals surface area contributed by atoms with Gasteiger partial charge in [0.2, 0.25) is 0 Å². The molecule has 0 bridgehead atoms. The van der Waals surface area contributed by atoms with Crippen LogP contribution < -0.4 is 0 Å². The van der Waals surface area contributed by atoms with Crippen molar-refractivity contribution in [2.24, 2.45) is 4.99 Å². The van der Waals surface area contributed by atoms with Crippen molar-refractivity contribution in [3.8, 4) is 0 Å². The minimum atomic E-state index is 0.920. The lowest BCUT2D eigenvalue weighted by atomic mass is 10.6. The van der Waals surface area contributed by atoms with Crippen LogP contribution in [0.1, 0.15) is 0 Å². The van der Waals surface area contributed by atoms with E-state index >= 15 is 0 Å². The van der Waals surface area contributed by atoms with Gasteiger partial charge < -0.3 is 0 Å². The molecule has 1 unspecified atom stereocenters. The molecule has 1 nitrogen and oxygen atoms in total. The quantitative estimate of drug-likeness (QED) is 0.217. The Morgan fingerprint density at radius 2 is 2.36 bits per heavy atom. The summed E-state index contributed by atoms with van der Waals surface area (Å²) >= 11 is 0. The summed E-state index contributed by atoms with van der Waals surface area (Å²) in [4.78, 5) is 3.82. The second-order valence-electron chi connectivity index (χ2n) is 1.59. The molecule has 0 amide bonds. The van der Waals surface area contributed by atoms with E-state index in [0.29, 0.717) is 0 Å². The van der Waals surface area contributed by atoms with Crippen molar-refractivity contribution in [2.75, 3.05) is 11.9 Å². The van der Waals surface area contributed by atoms with Crippen LogP contribution in [0, 0.1) is 0 Å². The first-order valence-electron chi connectivity index (χ1n) is 3.14. The van der Waals surface area contributed by atoms with Crippen LogP contribution in [0.4, 0.5) is 0 Å². The maximum absolute atomic E-state index is 3.82. The van der Waals surface area contributed by atoms with Gasteiger partial charge in [-0.25, -0.2) is 0 Å². The van der Waals surface area contributed by atoms with Gasteiger partial charge in [-0.3, -0.25) is 4.99 Å². The van der Waals surface area contributed by atoms with Crippen molar-refractivity contribution >= 4 is 37.5 Å². The standard InChI is InChI=1S/C7H12NPS2/c1-3-4-7(8-2)11-10-6-5-9/h3-4H,1-2,5-6,9H2/b7-4+. The number of rotatable bonds is 6. The zero-order chi connectivity index (χ0) is 8.53. The highest BCUT2D eigenvalue weighted by Crippen LogP contribution is 2.30. The topological polar surface area (TPSA) is 12.4 Å². The molecule has 0 aromatic heterocycles. The van der Waals surface area contributed by atoms with E-state index < -0.39 is 0 Å². The van der Waals surface area contributed by atoms with Crippen LogP contribution in [0.2, 0.25) is 0 Å². The Morgan fingerprint density at radius 1 is 1.64 bits per heavy atom. The first kappa shape index (κ1) is 11.3. The third-order valence-electron chi connectivity index (χ3n) is 0.762. The van der Waals surface area contributed by atoms with Gasteiger partial charge in [0.05, 0.1) is 0 Å². The maximum atomic E-state index is 3.82. The molecule has 0 N–H and O–H groups in total. The molecule has 0 radical (unpaired) electrons. The fraction of sp³-hybridized carbons (Fsp3) is 0.286. The van der Waals surface area contributed by atoms with Crippen molar-refractivity contribution in [3.63, 3.8) is 0 Å². The Balaban J connectivity index is 3.60. The van der Waals surface area contributed by atoms with Gasteiger partial charge in [-0.15, -0.1) is 9.24 Å². The molecule has 0 aromatic carbocycles. The molecule has 0 spiro atoms. The second-order valence-corrected chi connectivity index (χ2v) is 4.61. The van der Waals surface area contributed by atoms with Crippen LogP contribution in [0.25, 0.3) is 0 Å². The summed E-state index contributed by atoms with van der Waals surface area (Å²) in [6.07, 6.45) is 4.68. The molecule has 0 aliphatic heterocycles. The molecule has 0 rings (SSSR count). The van der Waals surface area contributed by atoms with Crippen molar-refractivity contribution in [2.45, 2.75) is 0 Å². The van der Waals surface area contributed by atoms with Crippen LogP contribution >= 0.6 is 30.8 Å². The smallest absolute Gasteiger partial charge is 0.106 e. The molecule has 0 heterocycles. The highest BCUT2D eigenvalue weighted by Gasteiger charge is 1.92. The minimum absolute atomic E-state index is 0.920. The average molecular weight is 205 g/mol. The predicted molar refractivity (Wildman–Crippen MR) is 62.5 cm³/mol. The van der Waals surface area contributed by atoms with Gasteiger partial charge >= 0.3 is 0 Å². The SMILES string of the molecule is C=C/C=C(\N=C)SSCCP. The summed E-state index contributed by atoms with van der Waals surface area (Å²) in [5, 5.41) is 0.920. The lowest BCUT2D eigenvalue weighted by Crippen LogP contribution is -1.73. The summed E-state index contributed by atoms with van der Waals surface area (Å²) in [6, 6.07) is 0. The Kier molecular flexibility index (Phi) is 8.59. The van der Waals surface area contributed by atoms with Gasteiger partial charge in [0, 0.05) is 5.75 Å². The minimum Gasteiger partial charge on any atom is -0.257 e. The Labute approximate surface area is 78.4 Å². The molecular weight excluding hydrogens is 193 g/mol. The van der Waals surface area contributed by atoms with Crippen molar-refractivity contribution in [1.29, 1.82) is 0 Å². The normalized spacial score (nSPS) is 11.2. The predicted octanol–water partition coefficient (Wildman–Crippen LogP) is 2.97. The van der Waals surface area contributed by atoms with Crippen LogP contribution in [0.5, 0.6) is 0 Å². The third-order valence-corrected chi connectivity index (χ3v) is 3.79. The third kappa shape index (κ3) is 6.67. The average Bonchev–Trinajstić information content (AvgIpc) is 2.03. The van der Waals surface area contributed by atoms with Crippen LogP contribution in [-0.4, -0.2) is 18.6 Å². The molecule has 1 atom stereocenters. The summed E-state index contributed by atoms with van der Waals surface area (Å²) in [6.45, 7) is 7.04. The van der Waals surface area contributed by atoms with E-state index in [0.717, 1.165) is 16.9 Å². The van der Waals surface area contributed by atoms with Crippen molar-refractivity contribution in [1.82, 2.24) is 0 Å². The summed E-state index contributed by atoms with van der Waals surface area (Å²) in [5.74, 6) is 1.11. The number of nitrogens with zero attached hydrogens (tertiary/aromatic N) is 1. The van der Waals surface area contributed by atoms with Gasteiger partial charge in [-0.1, -0.05) is 23.4 Å². The van der Waals surface area contributed by atoms with E-state index in [9.17, 15) is 0 Å². The highest BCUT2D eigenvalue weighted by atomic mass is 33.1. The monoisotopic (exact) mass is 205 g/mol. The largest absolute Gasteiger partial charge is 0.257 e. The first-order valence-corrected chi connectivity index (χ1v) is 6.27.